The summed E-state index contributed by atoms with van der Waals surface area (Å²) >= 11 is 0. The highest BCUT2D eigenvalue weighted by Gasteiger charge is 2.11. The van der Waals surface area contributed by atoms with Crippen molar-refractivity contribution in [2.75, 3.05) is 11.9 Å². The first-order valence-corrected chi connectivity index (χ1v) is 6.54. The zero-order valence-electron chi connectivity index (χ0n) is 12.0. The molecule has 2 N–H and O–H groups in total. The lowest BCUT2D eigenvalue weighted by Gasteiger charge is -2.08. The second kappa shape index (κ2) is 6.69. The van der Waals surface area contributed by atoms with Crippen LogP contribution in [0.4, 0.5) is 5.69 Å². The van der Waals surface area contributed by atoms with E-state index in [0.717, 1.165) is 11.3 Å². The molecule has 1 amide bonds. The molecule has 0 unspecified atom stereocenters. The van der Waals surface area contributed by atoms with Crippen LogP contribution >= 0.6 is 0 Å². The van der Waals surface area contributed by atoms with Gasteiger partial charge in [-0.2, -0.15) is 0 Å². The number of anilines is 1. The van der Waals surface area contributed by atoms with Gasteiger partial charge in [0.2, 0.25) is 0 Å². The van der Waals surface area contributed by atoms with Crippen molar-refractivity contribution in [1.82, 2.24) is 4.98 Å². The molecule has 0 bridgehead atoms. The fourth-order valence-electron chi connectivity index (χ4n) is 1.92. The maximum atomic E-state index is 12.4. The van der Waals surface area contributed by atoms with E-state index in [2.05, 4.69) is 22.1 Å². The summed E-state index contributed by atoms with van der Waals surface area (Å²) in [4.78, 5) is 16.4. The number of rotatable bonds is 2. The Hall–Kier alpha value is -2.64. The zero-order chi connectivity index (χ0) is 15.2. The molecule has 0 aliphatic heterocycles. The van der Waals surface area contributed by atoms with Crippen molar-refractivity contribution < 1.29 is 9.90 Å². The molecule has 0 saturated heterocycles. The van der Waals surface area contributed by atoms with Crippen LogP contribution in [0.2, 0.25) is 0 Å². The lowest BCUT2D eigenvalue weighted by atomic mass is 10.0. The summed E-state index contributed by atoms with van der Waals surface area (Å²) in [5.41, 5.74) is 3.61. The molecule has 1 aromatic heterocycles. The van der Waals surface area contributed by atoms with E-state index in [1.807, 2.05) is 26.0 Å². The second-order valence-electron chi connectivity index (χ2n) is 4.65. The maximum absolute atomic E-state index is 12.4. The molecule has 0 saturated carbocycles. The smallest absolute Gasteiger partial charge is 0.256 e. The van der Waals surface area contributed by atoms with E-state index in [1.54, 1.807) is 24.4 Å². The number of carbonyl (C=O) groups excluding carboxylic acids is 1. The van der Waals surface area contributed by atoms with E-state index >= 15 is 0 Å². The van der Waals surface area contributed by atoms with Gasteiger partial charge in [0.05, 0.1) is 5.56 Å². The topological polar surface area (TPSA) is 62.2 Å². The first-order valence-electron chi connectivity index (χ1n) is 6.54. The fourth-order valence-corrected chi connectivity index (χ4v) is 1.92. The molecular weight excluding hydrogens is 264 g/mol. The number of nitrogens with one attached hydrogen (secondary N) is 1. The zero-order valence-corrected chi connectivity index (χ0v) is 12.0. The van der Waals surface area contributed by atoms with E-state index in [9.17, 15) is 4.79 Å². The normalized spacial score (nSPS) is 9.67. The Morgan fingerprint density at radius 1 is 1.29 bits per heavy atom. The van der Waals surface area contributed by atoms with Crippen LogP contribution in [-0.4, -0.2) is 22.6 Å². The Morgan fingerprint density at radius 3 is 2.81 bits per heavy atom. The number of aromatic nitrogens is 1. The highest BCUT2D eigenvalue weighted by Crippen LogP contribution is 2.14. The number of aliphatic hydroxyl groups excluding tert-OH is 1. The number of hydrogen-bond donors (Lipinski definition) is 2. The molecule has 106 valence electrons. The number of carbonyl (C=O) groups is 1. The van der Waals surface area contributed by atoms with Gasteiger partial charge in [-0.1, -0.05) is 17.9 Å². The van der Waals surface area contributed by atoms with Gasteiger partial charge in [0.15, 0.2) is 0 Å². The molecule has 0 radical (unpaired) electrons. The average molecular weight is 280 g/mol. The van der Waals surface area contributed by atoms with Crippen LogP contribution in [-0.2, 0) is 0 Å². The van der Waals surface area contributed by atoms with Crippen LogP contribution in [0, 0.1) is 25.7 Å². The minimum atomic E-state index is -0.238. The molecule has 21 heavy (non-hydrogen) atoms. The van der Waals surface area contributed by atoms with Crippen LogP contribution in [0.15, 0.2) is 36.5 Å². The van der Waals surface area contributed by atoms with E-state index in [1.165, 1.54) is 0 Å². The summed E-state index contributed by atoms with van der Waals surface area (Å²) in [6.07, 6.45) is 1.65. The summed E-state index contributed by atoms with van der Waals surface area (Å²) in [6.45, 7) is 3.55. The third kappa shape index (κ3) is 3.91. The molecular formula is C17H16N2O2. The molecule has 2 aromatic rings. The van der Waals surface area contributed by atoms with Crippen LogP contribution in [0.25, 0.3) is 0 Å². The largest absolute Gasteiger partial charge is 0.384 e. The molecule has 0 aliphatic carbocycles. The van der Waals surface area contributed by atoms with E-state index in [-0.39, 0.29) is 12.5 Å². The van der Waals surface area contributed by atoms with Crippen LogP contribution < -0.4 is 5.32 Å². The summed E-state index contributed by atoms with van der Waals surface area (Å²) in [6, 6.07) is 8.95. The van der Waals surface area contributed by atoms with Gasteiger partial charge in [0.25, 0.3) is 5.91 Å². The molecule has 1 heterocycles. The van der Waals surface area contributed by atoms with Crippen LogP contribution in [0.5, 0.6) is 0 Å². The lowest BCUT2D eigenvalue weighted by molar-refractivity contribution is 0.102. The van der Waals surface area contributed by atoms with Gasteiger partial charge in [-0.3, -0.25) is 9.78 Å². The Bertz CT molecular complexity index is 727. The Labute approximate surface area is 123 Å². The van der Waals surface area contributed by atoms with Gasteiger partial charge in [0.1, 0.15) is 6.61 Å². The van der Waals surface area contributed by atoms with Crippen molar-refractivity contribution in [1.29, 1.82) is 0 Å². The SMILES string of the molecule is Cc1ccc(C(=O)Nc2ccnc(C)c2)c(C#CCO)c1. The van der Waals surface area contributed by atoms with E-state index < -0.39 is 0 Å². The second-order valence-corrected chi connectivity index (χ2v) is 4.65. The van der Waals surface area contributed by atoms with Gasteiger partial charge in [0, 0.05) is 23.1 Å². The van der Waals surface area contributed by atoms with Gasteiger partial charge in [-0.15, -0.1) is 0 Å². The predicted molar refractivity (Wildman–Crippen MR) is 82.1 cm³/mol. The number of benzene rings is 1. The van der Waals surface area contributed by atoms with Gasteiger partial charge in [-0.25, -0.2) is 0 Å². The molecule has 0 aliphatic rings. The number of amides is 1. The van der Waals surface area contributed by atoms with Crippen molar-refractivity contribution in [3.05, 3.63) is 58.9 Å². The van der Waals surface area contributed by atoms with Gasteiger partial charge in [-0.05, 0) is 43.7 Å². The number of aliphatic hydroxyl groups is 1. The molecule has 0 atom stereocenters. The monoisotopic (exact) mass is 280 g/mol. The number of aryl methyl sites for hydroxylation is 2. The van der Waals surface area contributed by atoms with Gasteiger partial charge >= 0.3 is 0 Å². The van der Waals surface area contributed by atoms with Crippen LogP contribution in [0.3, 0.4) is 0 Å². The highest BCUT2D eigenvalue weighted by atomic mass is 16.2. The third-order valence-corrected chi connectivity index (χ3v) is 2.88. The predicted octanol–water partition coefficient (Wildman–Crippen LogP) is 2.29. The standard InChI is InChI=1S/C17H16N2O2/c1-12-5-6-16(14(10-12)4-3-9-20)17(21)19-15-7-8-18-13(2)11-15/h5-8,10-11,20H,9H2,1-2H3,(H,18,19,21). The molecule has 4 nitrogen and oxygen atoms in total. The fraction of sp³-hybridized carbons (Fsp3) is 0.176. The lowest BCUT2D eigenvalue weighted by Crippen LogP contribution is -2.14. The van der Waals surface area contributed by atoms with Crippen LogP contribution in [0.1, 0.15) is 27.2 Å². The molecule has 2 rings (SSSR count). The van der Waals surface area contributed by atoms with Crippen molar-refractivity contribution in [3.63, 3.8) is 0 Å². The third-order valence-electron chi connectivity index (χ3n) is 2.88. The van der Waals surface area contributed by atoms with Crippen molar-refractivity contribution >= 4 is 11.6 Å². The molecule has 1 aromatic carbocycles. The average Bonchev–Trinajstić information content (AvgIpc) is 2.45. The quantitative estimate of drug-likeness (QED) is 0.830. The van der Waals surface area contributed by atoms with Crippen molar-refractivity contribution in [2.45, 2.75) is 13.8 Å². The number of nitrogens with zero attached hydrogens (tertiary/aromatic N) is 1. The van der Waals surface area contributed by atoms with E-state index in [4.69, 9.17) is 5.11 Å². The van der Waals surface area contributed by atoms with E-state index in [0.29, 0.717) is 16.8 Å². The number of pyridine rings is 1. The Balaban J connectivity index is 2.30. The first-order chi connectivity index (χ1) is 10.1. The minimum Gasteiger partial charge on any atom is -0.384 e. The Morgan fingerprint density at radius 2 is 2.10 bits per heavy atom. The maximum Gasteiger partial charge on any atom is 0.256 e. The molecule has 0 spiro atoms. The summed E-state index contributed by atoms with van der Waals surface area (Å²) in [7, 11) is 0. The molecule has 4 heteroatoms. The highest BCUT2D eigenvalue weighted by molar-refractivity contribution is 6.06. The summed E-state index contributed by atoms with van der Waals surface area (Å²) < 4.78 is 0. The van der Waals surface area contributed by atoms with Crippen molar-refractivity contribution in [2.24, 2.45) is 0 Å². The first kappa shape index (κ1) is 14.8. The van der Waals surface area contributed by atoms with Crippen molar-refractivity contribution in [3.8, 4) is 11.8 Å². The number of hydrogen-bond acceptors (Lipinski definition) is 3. The summed E-state index contributed by atoms with van der Waals surface area (Å²) in [5, 5.41) is 11.6. The minimum absolute atomic E-state index is 0.233. The Kier molecular flexibility index (Phi) is 4.70. The summed E-state index contributed by atoms with van der Waals surface area (Å²) in [5.74, 6) is 5.15. The molecule has 0 fully saturated rings. The van der Waals surface area contributed by atoms with Gasteiger partial charge < -0.3 is 10.4 Å².